The lowest BCUT2D eigenvalue weighted by atomic mass is 9.81. The van der Waals surface area contributed by atoms with Crippen LogP contribution < -0.4 is 0 Å². The third kappa shape index (κ3) is 3.59. The molecule has 2 atom stereocenters. The zero-order valence-corrected chi connectivity index (χ0v) is 11.8. The van der Waals surface area contributed by atoms with Gasteiger partial charge in [0.25, 0.3) is 0 Å². The molecular formula is C16H21NO3. The monoisotopic (exact) mass is 275 g/mol. The van der Waals surface area contributed by atoms with Gasteiger partial charge in [-0.25, -0.2) is 0 Å². The van der Waals surface area contributed by atoms with Gasteiger partial charge in [0, 0.05) is 19.5 Å². The largest absolute Gasteiger partial charge is 0.481 e. The van der Waals surface area contributed by atoms with Crippen molar-refractivity contribution < 1.29 is 14.7 Å². The number of amides is 1. The van der Waals surface area contributed by atoms with Gasteiger partial charge in [0.1, 0.15) is 0 Å². The van der Waals surface area contributed by atoms with Crippen molar-refractivity contribution in [3.05, 3.63) is 35.9 Å². The van der Waals surface area contributed by atoms with E-state index in [1.807, 2.05) is 30.3 Å². The Balaban J connectivity index is 1.94. The van der Waals surface area contributed by atoms with Crippen LogP contribution in [-0.4, -0.2) is 28.9 Å². The number of hydrogen-bond acceptors (Lipinski definition) is 2. The van der Waals surface area contributed by atoms with E-state index in [2.05, 4.69) is 0 Å². The third-order valence-electron chi connectivity index (χ3n) is 4.01. The summed E-state index contributed by atoms with van der Waals surface area (Å²) in [6, 6.07) is 9.84. The molecule has 2 rings (SSSR count). The normalized spacial score (nSPS) is 22.2. The minimum atomic E-state index is -0.770. The molecular weight excluding hydrogens is 254 g/mol. The average Bonchev–Trinajstić information content (AvgIpc) is 2.47. The van der Waals surface area contributed by atoms with Crippen LogP contribution in [0.4, 0.5) is 0 Å². The molecule has 4 nitrogen and oxygen atoms in total. The van der Waals surface area contributed by atoms with E-state index in [9.17, 15) is 9.59 Å². The Kier molecular flexibility index (Phi) is 4.77. The fourth-order valence-corrected chi connectivity index (χ4v) is 2.89. The average molecular weight is 275 g/mol. The van der Waals surface area contributed by atoms with Gasteiger partial charge in [-0.05, 0) is 24.8 Å². The fraction of sp³-hybridized carbons (Fsp3) is 0.500. The van der Waals surface area contributed by atoms with Gasteiger partial charge in [0.2, 0.25) is 5.91 Å². The molecule has 0 spiro atoms. The lowest BCUT2D eigenvalue weighted by Crippen LogP contribution is -2.36. The first-order chi connectivity index (χ1) is 9.58. The maximum Gasteiger partial charge on any atom is 0.306 e. The van der Waals surface area contributed by atoms with E-state index in [1.165, 1.54) is 0 Å². The number of carbonyl (C=O) groups is 2. The van der Waals surface area contributed by atoms with Crippen molar-refractivity contribution in [3.63, 3.8) is 0 Å². The van der Waals surface area contributed by atoms with Crippen molar-refractivity contribution in [2.75, 3.05) is 7.05 Å². The summed E-state index contributed by atoms with van der Waals surface area (Å²) >= 11 is 0. The summed E-state index contributed by atoms with van der Waals surface area (Å²) in [5.74, 6) is -1.20. The van der Waals surface area contributed by atoms with Crippen molar-refractivity contribution >= 4 is 11.9 Å². The van der Waals surface area contributed by atoms with Gasteiger partial charge in [0.05, 0.1) is 5.92 Å². The Morgan fingerprint density at radius 2 is 1.85 bits per heavy atom. The first-order valence-corrected chi connectivity index (χ1v) is 7.09. The van der Waals surface area contributed by atoms with Crippen LogP contribution >= 0.6 is 0 Å². The van der Waals surface area contributed by atoms with Crippen LogP contribution in [0.15, 0.2) is 30.3 Å². The molecule has 4 heteroatoms. The van der Waals surface area contributed by atoms with Crippen molar-refractivity contribution in [3.8, 4) is 0 Å². The third-order valence-corrected chi connectivity index (χ3v) is 4.01. The molecule has 0 aromatic heterocycles. The molecule has 0 aliphatic heterocycles. The van der Waals surface area contributed by atoms with Crippen molar-refractivity contribution in [1.82, 2.24) is 4.90 Å². The second-order valence-corrected chi connectivity index (χ2v) is 5.58. The molecule has 0 heterocycles. The minimum absolute atomic E-state index is 0.0693. The predicted octanol–water partition coefficient (Wildman–Crippen LogP) is 2.54. The number of carboxylic acid groups (broad SMARTS) is 1. The van der Waals surface area contributed by atoms with Crippen LogP contribution in [0.3, 0.4) is 0 Å². The number of benzene rings is 1. The standard InChI is InChI=1S/C16H21NO3/c1-17(11-12-6-3-2-4-7-12)15(18)13-8-5-9-14(10-13)16(19)20/h2-4,6-7,13-14H,5,8-11H2,1H3,(H,19,20). The molecule has 0 radical (unpaired) electrons. The molecule has 1 aliphatic carbocycles. The quantitative estimate of drug-likeness (QED) is 0.918. The molecule has 1 fully saturated rings. The Hall–Kier alpha value is -1.84. The smallest absolute Gasteiger partial charge is 0.306 e. The fourth-order valence-electron chi connectivity index (χ4n) is 2.89. The first-order valence-electron chi connectivity index (χ1n) is 7.09. The van der Waals surface area contributed by atoms with Crippen LogP contribution in [0, 0.1) is 11.8 Å². The Labute approximate surface area is 119 Å². The van der Waals surface area contributed by atoms with Crippen molar-refractivity contribution in [2.45, 2.75) is 32.2 Å². The van der Waals surface area contributed by atoms with Crippen LogP contribution in [0.2, 0.25) is 0 Å². The summed E-state index contributed by atoms with van der Waals surface area (Å²) in [5, 5.41) is 9.09. The summed E-state index contributed by atoms with van der Waals surface area (Å²) in [5.41, 5.74) is 1.09. The van der Waals surface area contributed by atoms with Crippen LogP contribution in [-0.2, 0) is 16.1 Å². The van der Waals surface area contributed by atoms with E-state index in [-0.39, 0.29) is 17.7 Å². The molecule has 1 saturated carbocycles. The van der Waals surface area contributed by atoms with E-state index < -0.39 is 5.97 Å². The number of nitrogens with zero attached hydrogens (tertiary/aromatic N) is 1. The highest BCUT2D eigenvalue weighted by Crippen LogP contribution is 2.30. The molecule has 1 N–H and O–H groups in total. The summed E-state index contributed by atoms with van der Waals surface area (Å²) in [6.45, 7) is 0.577. The Bertz CT molecular complexity index is 472. The maximum absolute atomic E-state index is 12.4. The van der Waals surface area contributed by atoms with Gasteiger partial charge >= 0.3 is 5.97 Å². The van der Waals surface area contributed by atoms with Crippen LogP contribution in [0.5, 0.6) is 0 Å². The molecule has 1 aromatic carbocycles. The molecule has 1 amide bonds. The highest BCUT2D eigenvalue weighted by Gasteiger charge is 2.32. The summed E-state index contributed by atoms with van der Waals surface area (Å²) in [7, 11) is 1.79. The van der Waals surface area contributed by atoms with Gasteiger partial charge in [-0.2, -0.15) is 0 Å². The lowest BCUT2D eigenvalue weighted by molar-refractivity contribution is -0.145. The van der Waals surface area contributed by atoms with Crippen molar-refractivity contribution in [1.29, 1.82) is 0 Å². The van der Waals surface area contributed by atoms with Gasteiger partial charge in [0.15, 0.2) is 0 Å². The SMILES string of the molecule is CN(Cc1ccccc1)C(=O)C1CCCC(C(=O)O)C1. The van der Waals surface area contributed by atoms with Gasteiger partial charge in [-0.3, -0.25) is 9.59 Å². The highest BCUT2D eigenvalue weighted by atomic mass is 16.4. The second kappa shape index (κ2) is 6.55. The summed E-state index contributed by atoms with van der Waals surface area (Å²) in [6.07, 6.45) is 2.81. The summed E-state index contributed by atoms with van der Waals surface area (Å²) < 4.78 is 0. The molecule has 1 aliphatic rings. The molecule has 2 unspecified atom stereocenters. The predicted molar refractivity (Wildman–Crippen MR) is 76.0 cm³/mol. The Morgan fingerprint density at radius 3 is 2.50 bits per heavy atom. The first kappa shape index (κ1) is 14.6. The lowest BCUT2D eigenvalue weighted by Gasteiger charge is -2.29. The van der Waals surface area contributed by atoms with E-state index in [0.29, 0.717) is 19.4 Å². The van der Waals surface area contributed by atoms with E-state index in [4.69, 9.17) is 5.11 Å². The van der Waals surface area contributed by atoms with Crippen molar-refractivity contribution in [2.24, 2.45) is 11.8 Å². The molecule has 0 bridgehead atoms. The summed E-state index contributed by atoms with van der Waals surface area (Å²) in [4.78, 5) is 25.2. The van der Waals surface area contributed by atoms with E-state index in [0.717, 1.165) is 18.4 Å². The number of carbonyl (C=O) groups excluding carboxylic acids is 1. The van der Waals surface area contributed by atoms with Crippen LogP contribution in [0.1, 0.15) is 31.2 Å². The maximum atomic E-state index is 12.4. The van der Waals surface area contributed by atoms with Gasteiger partial charge in [-0.15, -0.1) is 0 Å². The van der Waals surface area contributed by atoms with Gasteiger partial charge < -0.3 is 10.0 Å². The molecule has 0 saturated heterocycles. The molecule has 1 aromatic rings. The van der Waals surface area contributed by atoms with Gasteiger partial charge in [-0.1, -0.05) is 36.8 Å². The minimum Gasteiger partial charge on any atom is -0.481 e. The topological polar surface area (TPSA) is 57.6 Å². The highest BCUT2D eigenvalue weighted by molar-refractivity contribution is 5.80. The molecule has 108 valence electrons. The number of carboxylic acids is 1. The van der Waals surface area contributed by atoms with Crippen LogP contribution in [0.25, 0.3) is 0 Å². The zero-order valence-electron chi connectivity index (χ0n) is 11.8. The second-order valence-electron chi connectivity index (χ2n) is 5.58. The zero-order chi connectivity index (χ0) is 14.5. The number of rotatable bonds is 4. The Morgan fingerprint density at radius 1 is 1.20 bits per heavy atom. The van der Waals surface area contributed by atoms with E-state index >= 15 is 0 Å². The number of aliphatic carboxylic acids is 1. The molecule has 20 heavy (non-hydrogen) atoms. The number of hydrogen-bond donors (Lipinski definition) is 1. The van der Waals surface area contributed by atoms with E-state index in [1.54, 1.807) is 11.9 Å².